The zero-order chi connectivity index (χ0) is 13.9. The van der Waals surface area contributed by atoms with Gasteiger partial charge in [-0.25, -0.2) is 0 Å². The van der Waals surface area contributed by atoms with Crippen LogP contribution in [-0.4, -0.2) is 9.91 Å². The van der Waals surface area contributed by atoms with Crippen LogP contribution in [0.4, 0.5) is 5.69 Å². The lowest BCUT2D eigenvalue weighted by Gasteiger charge is -2.07. The number of rotatable bonds is 4. The molecule has 0 aliphatic heterocycles. The molecule has 0 atom stereocenters. The number of benzene rings is 2. The standard InChI is InChI=1S/C15H12N2O3/c18-17(19)13-9-16-12-7-4-8-14(15(12)13)20-10-11-5-2-1-3-6-11/h1-9,16H,10H2. The minimum Gasteiger partial charge on any atom is -0.488 e. The molecule has 20 heavy (non-hydrogen) atoms. The molecule has 0 unspecified atom stereocenters. The minimum absolute atomic E-state index is 0.0312. The second kappa shape index (κ2) is 5.05. The van der Waals surface area contributed by atoms with Crippen LogP contribution in [0.25, 0.3) is 10.9 Å². The molecule has 3 aromatic rings. The molecule has 0 saturated heterocycles. The van der Waals surface area contributed by atoms with Gasteiger partial charge in [0.05, 0.1) is 16.6 Å². The number of aromatic nitrogens is 1. The van der Waals surface area contributed by atoms with Gasteiger partial charge >= 0.3 is 0 Å². The van der Waals surface area contributed by atoms with Crippen LogP contribution in [0, 0.1) is 10.1 Å². The van der Waals surface area contributed by atoms with E-state index in [1.165, 1.54) is 6.20 Å². The Labute approximate surface area is 115 Å². The summed E-state index contributed by atoms with van der Waals surface area (Å²) >= 11 is 0. The van der Waals surface area contributed by atoms with Crippen molar-refractivity contribution in [1.82, 2.24) is 4.98 Å². The average Bonchev–Trinajstić information content (AvgIpc) is 2.91. The maximum absolute atomic E-state index is 11.0. The Balaban J connectivity index is 1.95. The summed E-state index contributed by atoms with van der Waals surface area (Å²) in [4.78, 5) is 13.5. The van der Waals surface area contributed by atoms with Crippen molar-refractivity contribution in [2.45, 2.75) is 6.61 Å². The highest BCUT2D eigenvalue weighted by molar-refractivity contribution is 5.94. The molecule has 2 aromatic carbocycles. The van der Waals surface area contributed by atoms with Crippen molar-refractivity contribution < 1.29 is 9.66 Å². The number of nitrogens with zero attached hydrogens (tertiary/aromatic N) is 1. The van der Waals surface area contributed by atoms with Gasteiger partial charge in [-0.2, -0.15) is 0 Å². The lowest BCUT2D eigenvalue weighted by molar-refractivity contribution is -0.383. The van der Waals surface area contributed by atoms with E-state index in [2.05, 4.69) is 4.98 Å². The Morgan fingerprint density at radius 2 is 1.90 bits per heavy atom. The van der Waals surface area contributed by atoms with Crippen LogP contribution < -0.4 is 4.74 Å². The quantitative estimate of drug-likeness (QED) is 0.580. The fraction of sp³-hybridized carbons (Fsp3) is 0.0667. The van der Waals surface area contributed by atoms with E-state index in [9.17, 15) is 10.1 Å². The van der Waals surface area contributed by atoms with Gasteiger partial charge in [-0.3, -0.25) is 10.1 Å². The summed E-state index contributed by atoms with van der Waals surface area (Å²) in [6.45, 7) is 0.377. The fourth-order valence-corrected chi connectivity index (χ4v) is 2.13. The molecule has 0 amide bonds. The van der Waals surface area contributed by atoms with Crippen LogP contribution in [0.1, 0.15) is 5.56 Å². The third-order valence-electron chi connectivity index (χ3n) is 3.08. The summed E-state index contributed by atoms with van der Waals surface area (Å²) in [7, 11) is 0. The first-order valence-electron chi connectivity index (χ1n) is 6.17. The molecule has 0 bridgehead atoms. The summed E-state index contributed by atoms with van der Waals surface area (Å²) in [5.41, 5.74) is 1.74. The Bertz CT molecular complexity index is 750. The van der Waals surface area contributed by atoms with Gasteiger partial charge in [0, 0.05) is 0 Å². The van der Waals surface area contributed by atoms with Crippen LogP contribution in [0.3, 0.4) is 0 Å². The highest BCUT2D eigenvalue weighted by Crippen LogP contribution is 2.33. The van der Waals surface area contributed by atoms with Gasteiger partial charge in [-0.15, -0.1) is 0 Å². The number of nitrogens with one attached hydrogen (secondary N) is 1. The number of fused-ring (bicyclic) bond motifs is 1. The average molecular weight is 268 g/mol. The second-order valence-corrected chi connectivity index (χ2v) is 4.38. The number of H-pyrrole nitrogens is 1. The Kier molecular flexibility index (Phi) is 3.09. The summed E-state index contributed by atoms with van der Waals surface area (Å²) < 4.78 is 5.73. The van der Waals surface area contributed by atoms with Crippen molar-refractivity contribution in [2.75, 3.05) is 0 Å². The van der Waals surface area contributed by atoms with Gasteiger partial charge in [0.25, 0.3) is 5.69 Å². The summed E-state index contributed by atoms with van der Waals surface area (Å²) in [5, 5.41) is 11.5. The fourth-order valence-electron chi connectivity index (χ4n) is 2.13. The highest BCUT2D eigenvalue weighted by atomic mass is 16.6. The summed E-state index contributed by atoms with van der Waals surface area (Å²) in [6, 6.07) is 15.0. The van der Waals surface area contributed by atoms with Crippen molar-refractivity contribution in [1.29, 1.82) is 0 Å². The number of nitro groups is 1. The molecule has 100 valence electrons. The van der Waals surface area contributed by atoms with E-state index in [0.717, 1.165) is 5.56 Å². The molecule has 0 radical (unpaired) electrons. The third kappa shape index (κ3) is 2.21. The maximum atomic E-state index is 11.0. The Morgan fingerprint density at radius 3 is 2.65 bits per heavy atom. The maximum Gasteiger partial charge on any atom is 0.298 e. The molecule has 1 N–H and O–H groups in total. The predicted molar refractivity (Wildman–Crippen MR) is 75.7 cm³/mol. The molecular formula is C15H12N2O3. The van der Waals surface area contributed by atoms with Crippen molar-refractivity contribution >= 4 is 16.6 Å². The van der Waals surface area contributed by atoms with Gasteiger partial charge in [-0.1, -0.05) is 36.4 Å². The molecule has 0 aliphatic rings. The zero-order valence-corrected chi connectivity index (χ0v) is 10.6. The molecule has 1 heterocycles. The SMILES string of the molecule is O=[N+]([O-])c1c[nH]c2cccc(OCc3ccccc3)c12. The van der Waals surface area contributed by atoms with E-state index in [-0.39, 0.29) is 5.69 Å². The first-order valence-corrected chi connectivity index (χ1v) is 6.17. The third-order valence-corrected chi connectivity index (χ3v) is 3.08. The monoisotopic (exact) mass is 268 g/mol. The molecular weight excluding hydrogens is 256 g/mol. The Hall–Kier alpha value is -2.82. The second-order valence-electron chi connectivity index (χ2n) is 4.38. The van der Waals surface area contributed by atoms with E-state index in [1.54, 1.807) is 12.1 Å². The van der Waals surface area contributed by atoms with E-state index in [1.807, 2.05) is 36.4 Å². The van der Waals surface area contributed by atoms with Gasteiger partial charge in [0.2, 0.25) is 0 Å². The topological polar surface area (TPSA) is 68.2 Å². The van der Waals surface area contributed by atoms with Crippen molar-refractivity contribution in [3.05, 3.63) is 70.4 Å². The van der Waals surface area contributed by atoms with E-state index < -0.39 is 4.92 Å². The molecule has 0 saturated carbocycles. The molecule has 3 rings (SSSR count). The van der Waals surface area contributed by atoms with Gasteiger partial charge in [0.1, 0.15) is 17.7 Å². The smallest absolute Gasteiger partial charge is 0.298 e. The largest absolute Gasteiger partial charge is 0.488 e. The first-order chi connectivity index (χ1) is 9.75. The van der Waals surface area contributed by atoms with E-state index in [4.69, 9.17) is 4.74 Å². The molecule has 0 aliphatic carbocycles. The van der Waals surface area contributed by atoms with E-state index in [0.29, 0.717) is 23.3 Å². The number of aromatic amines is 1. The van der Waals surface area contributed by atoms with Crippen molar-refractivity contribution in [2.24, 2.45) is 0 Å². The lowest BCUT2D eigenvalue weighted by Crippen LogP contribution is -1.96. The van der Waals surface area contributed by atoms with Crippen LogP contribution in [-0.2, 0) is 6.61 Å². The van der Waals surface area contributed by atoms with Gasteiger partial charge in [-0.05, 0) is 17.7 Å². The Morgan fingerprint density at radius 1 is 1.10 bits per heavy atom. The normalized spacial score (nSPS) is 10.6. The van der Waals surface area contributed by atoms with Crippen LogP contribution in [0.2, 0.25) is 0 Å². The molecule has 0 spiro atoms. The lowest BCUT2D eigenvalue weighted by atomic mass is 10.2. The number of ether oxygens (including phenoxy) is 1. The van der Waals surface area contributed by atoms with Crippen molar-refractivity contribution in [3.63, 3.8) is 0 Å². The minimum atomic E-state index is -0.409. The molecule has 5 heteroatoms. The highest BCUT2D eigenvalue weighted by Gasteiger charge is 2.18. The first kappa shape index (κ1) is 12.2. The van der Waals surface area contributed by atoms with E-state index >= 15 is 0 Å². The van der Waals surface area contributed by atoms with Gasteiger partial charge < -0.3 is 9.72 Å². The molecule has 5 nitrogen and oxygen atoms in total. The van der Waals surface area contributed by atoms with Gasteiger partial charge in [0.15, 0.2) is 0 Å². The number of hydrogen-bond acceptors (Lipinski definition) is 3. The summed E-state index contributed by atoms with van der Waals surface area (Å²) in [5.74, 6) is 0.513. The zero-order valence-electron chi connectivity index (χ0n) is 10.6. The van der Waals surface area contributed by atoms with Crippen LogP contribution in [0.5, 0.6) is 5.75 Å². The molecule has 1 aromatic heterocycles. The van der Waals surface area contributed by atoms with Crippen LogP contribution in [0.15, 0.2) is 54.7 Å². The van der Waals surface area contributed by atoms with Crippen LogP contribution >= 0.6 is 0 Å². The van der Waals surface area contributed by atoms with Crippen molar-refractivity contribution in [3.8, 4) is 5.75 Å². The number of hydrogen-bond donors (Lipinski definition) is 1. The predicted octanol–water partition coefficient (Wildman–Crippen LogP) is 3.66. The molecule has 0 fully saturated rings. The summed E-state index contributed by atoms with van der Waals surface area (Å²) in [6.07, 6.45) is 1.39.